The maximum Gasteiger partial charge on any atom is 0.239 e. The number of likely N-dealkylation sites (tertiary alicyclic amines) is 1. The second-order valence-corrected chi connectivity index (χ2v) is 6.60. The molecule has 4 atom stereocenters. The van der Waals surface area contributed by atoms with Gasteiger partial charge in [-0.1, -0.05) is 0 Å². The first-order valence-electron chi connectivity index (χ1n) is 7.97. The second-order valence-electron chi connectivity index (χ2n) is 6.60. The molecule has 0 aliphatic carbocycles. The maximum absolute atomic E-state index is 12.6. The maximum atomic E-state index is 12.6. The third-order valence-corrected chi connectivity index (χ3v) is 5.05. The van der Waals surface area contributed by atoms with E-state index in [1.165, 1.54) is 6.42 Å². The van der Waals surface area contributed by atoms with Crippen molar-refractivity contribution in [3.8, 4) is 0 Å². The Labute approximate surface area is 120 Å². The van der Waals surface area contributed by atoms with Crippen molar-refractivity contribution < 1.29 is 9.59 Å². The molecule has 3 rings (SSSR count). The number of nitrogens with zero attached hydrogens (tertiary/aromatic N) is 1. The van der Waals surface area contributed by atoms with Gasteiger partial charge in [-0.15, -0.1) is 0 Å². The number of hydrogen-bond acceptors (Lipinski definition) is 3. The van der Waals surface area contributed by atoms with Crippen LogP contribution in [0.4, 0.5) is 0 Å². The van der Waals surface area contributed by atoms with E-state index in [0.717, 1.165) is 38.8 Å². The van der Waals surface area contributed by atoms with Crippen LogP contribution in [0.25, 0.3) is 0 Å². The summed E-state index contributed by atoms with van der Waals surface area (Å²) < 4.78 is 0. The largest absolute Gasteiger partial charge is 0.353 e. The van der Waals surface area contributed by atoms with Crippen LogP contribution in [-0.4, -0.2) is 47.9 Å². The molecule has 0 aromatic carbocycles. The van der Waals surface area contributed by atoms with Crippen molar-refractivity contribution in [1.29, 1.82) is 0 Å². The highest BCUT2D eigenvalue weighted by Gasteiger charge is 2.37. The Bertz CT molecular complexity index is 399. The van der Waals surface area contributed by atoms with Gasteiger partial charge < -0.3 is 15.5 Å². The molecule has 0 radical (unpaired) electrons. The first-order chi connectivity index (χ1) is 9.63. The van der Waals surface area contributed by atoms with Gasteiger partial charge in [0.05, 0.1) is 6.04 Å². The molecule has 5 nitrogen and oxygen atoms in total. The summed E-state index contributed by atoms with van der Waals surface area (Å²) in [5.74, 6) is 0.895. The van der Waals surface area contributed by atoms with E-state index in [-0.39, 0.29) is 17.9 Å². The first-order valence-corrected chi connectivity index (χ1v) is 7.97. The number of carbonyl (C=O) groups is 2. The van der Waals surface area contributed by atoms with Gasteiger partial charge in [-0.25, -0.2) is 0 Å². The fourth-order valence-corrected chi connectivity index (χ4v) is 3.86. The second kappa shape index (κ2) is 5.72. The Kier molecular flexibility index (Phi) is 3.96. The Morgan fingerprint density at radius 3 is 2.90 bits per heavy atom. The number of amides is 2. The molecule has 0 aromatic heterocycles. The van der Waals surface area contributed by atoms with Crippen LogP contribution < -0.4 is 10.6 Å². The molecule has 3 aliphatic heterocycles. The van der Waals surface area contributed by atoms with Crippen molar-refractivity contribution in [3.05, 3.63) is 0 Å². The van der Waals surface area contributed by atoms with E-state index in [4.69, 9.17) is 0 Å². The first kappa shape index (κ1) is 13.9. The fourth-order valence-electron chi connectivity index (χ4n) is 3.86. The minimum absolute atomic E-state index is 0.00785. The molecular weight excluding hydrogens is 254 g/mol. The average Bonchev–Trinajstić information content (AvgIpc) is 2.46. The van der Waals surface area contributed by atoms with E-state index in [1.807, 2.05) is 4.90 Å². The minimum atomic E-state index is 0.00785. The summed E-state index contributed by atoms with van der Waals surface area (Å²) in [6, 6.07) is 0.747. The molecule has 5 heteroatoms. The zero-order valence-corrected chi connectivity index (χ0v) is 12.2. The quantitative estimate of drug-likeness (QED) is 0.740. The molecule has 20 heavy (non-hydrogen) atoms. The van der Waals surface area contributed by atoms with Crippen molar-refractivity contribution in [2.24, 2.45) is 5.92 Å². The van der Waals surface area contributed by atoms with Gasteiger partial charge in [0.15, 0.2) is 0 Å². The predicted octanol–water partition coefficient (Wildman–Crippen LogP) is 0.644. The molecule has 0 spiro atoms. The van der Waals surface area contributed by atoms with Crippen molar-refractivity contribution in [1.82, 2.24) is 15.5 Å². The smallest absolute Gasteiger partial charge is 0.239 e. The number of hydrogen-bond donors (Lipinski definition) is 2. The predicted molar refractivity (Wildman–Crippen MR) is 76.1 cm³/mol. The number of carbonyl (C=O) groups excluding carboxylic acids is 2. The lowest BCUT2D eigenvalue weighted by atomic mass is 9.84. The summed E-state index contributed by atoms with van der Waals surface area (Å²) in [6.07, 6.45) is 5.71. The van der Waals surface area contributed by atoms with Crippen LogP contribution in [0.1, 0.15) is 45.4 Å². The topological polar surface area (TPSA) is 61.4 Å². The van der Waals surface area contributed by atoms with E-state index < -0.39 is 0 Å². The summed E-state index contributed by atoms with van der Waals surface area (Å²) in [6.45, 7) is 3.76. The van der Waals surface area contributed by atoms with Crippen LogP contribution in [0.15, 0.2) is 0 Å². The minimum Gasteiger partial charge on any atom is -0.353 e. The SMILES string of the molecule is CC1CCCC(C(=O)N2CCC3NC(=O)CCC3C2)N1. The number of nitrogens with one attached hydrogen (secondary N) is 2. The van der Waals surface area contributed by atoms with Crippen molar-refractivity contribution in [2.45, 2.75) is 63.6 Å². The Balaban J connectivity index is 1.58. The van der Waals surface area contributed by atoms with Crippen molar-refractivity contribution >= 4 is 11.8 Å². The van der Waals surface area contributed by atoms with Gasteiger partial charge in [0.25, 0.3) is 0 Å². The molecule has 0 saturated carbocycles. The van der Waals surface area contributed by atoms with Gasteiger partial charge in [-0.3, -0.25) is 9.59 Å². The molecule has 112 valence electrons. The van der Waals surface area contributed by atoms with Crippen molar-refractivity contribution in [3.63, 3.8) is 0 Å². The molecule has 4 unspecified atom stereocenters. The standard InChI is InChI=1S/C15H25N3O2/c1-10-3-2-4-13(16-10)15(20)18-8-7-12-11(9-18)5-6-14(19)17-12/h10-13,16H,2-9H2,1H3,(H,17,19). The normalized spacial score (nSPS) is 38.0. The Morgan fingerprint density at radius 2 is 2.10 bits per heavy atom. The van der Waals surface area contributed by atoms with Crippen LogP contribution in [0.2, 0.25) is 0 Å². The highest BCUT2D eigenvalue weighted by molar-refractivity contribution is 5.82. The Morgan fingerprint density at radius 1 is 1.25 bits per heavy atom. The van der Waals surface area contributed by atoms with E-state index in [0.29, 0.717) is 24.4 Å². The molecule has 0 bridgehead atoms. The van der Waals surface area contributed by atoms with E-state index in [1.54, 1.807) is 0 Å². The van der Waals surface area contributed by atoms with Gasteiger partial charge in [0.1, 0.15) is 0 Å². The molecule has 3 fully saturated rings. The Hall–Kier alpha value is -1.10. The van der Waals surface area contributed by atoms with E-state index >= 15 is 0 Å². The summed E-state index contributed by atoms with van der Waals surface area (Å²) in [4.78, 5) is 26.1. The molecular formula is C15H25N3O2. The highest BCUT2D eigenvalue weighted by atomic mass is 16.2. The summed E-state index contributed by atoms with van der Waals surface area (Å²) in [5.41, 5.74) is 0. The van der Waals surface area contributed by atoms with Crippen LogP contribution in [0.3, 0.4) is 0 Å². The summed E-state index contributed by atoms with van der Waals surface area (Å²) >= 11 is 0. The molecule has 3 saturated heterocycles. The molecule has 3 heterocycles. The number of piperidine rings is 3. The zero-order chi connectivity index (χ0) is 14.1. The van der Waals surface area contributed by atoms with Gasteiger partial charge in [-0.05, 0) is 44.9 Å². The zero-order valence-electron chi connectivity index (χ0n) is 12.2. The average molecular weight is 279 g/mol. The fraction of sp³-hybridized carbons (Fsp3) is 0.867. The lowest BCUT2D eigenvalue weighted by Gasteiger charge is -2.43. The third-order valence-electron chi connectivity index (χ3n) is 5.05. The van der Waals surface area contributed by atoms with Gasteiger partial charge >= 0.3 is 0 Å². The molecule has 0 aromatic rings. The highest BCUT2D eigenvalue weighted by Crippen LogP contribution is 2.26. The lowest BCUT2D eigenvalue weighted by molar-refractivity contribution is -0.137. The van der Waals surface area contributed by atoms with E-state index in [2.05, 4.69) is 17.6 Å². The third kappa shape index (κ3) is 2.82. The van der Waals surface area contributed by atoms with Gasteiger partial charge in [0, 0.05) is 31.6 Å². The molecule has 3 aliphatic rings. The van der Waals surface area contributed by atoms with Crippen LogP contribution >= 0.6 is 0 Å². The molecule has 2 N–H and O–H groups in total. The molecule has 2 amide bonds. The van der Waals surface area contributed by atoms with Crippen LogP contribution in [0.5, 0.6) is 0 Å². The van der Waals surface area contributed by atoms with Gasteiger partial charge in [0.2, 0.25) is 11.8 Å². The number of rotatable bonds is 1. The monoisotopic (exact) mass is 279 g/mol. The van der Waals surface area contributed by atoms with Crippen LogP contribution in [-0.2, 0) is 9.59 Å². The summed E-state index contributed by atoms with van der Waals surface area (Å²) in [7, 11) is 0. The number of fused-ring (bicyclic) bond motifs is 1. The van der Waals surface area contributed by atoms with Crippen molar-refractivity contribution in [2.75, 3.05) is 13.1 Å². The van der Waals surface area contributed by atoms with E-state index in [9.17, 15) is 9.59 Å². The summed E-state index contributed by atoms with van der Waals surface area (Å²) in [5, 5.41) is 6.50. The lowest BCUT2D eigenvalue weighted by Crippen LogP contribution is -2.58. The van der Waals surface area contributed by atoms with Crippen LogP contribution in [0, 0.1) is 5.92 Å². The van der Waals surface area contributed by atoms with Gasteiger partial charge in [-0.2, -0.15) is 0 Å².